The second-order valence-electron chi connectivity index (χ2n) is 12.1. The van der Waals surface area contributed by atoms with Crippen LogP contribution < -0.4 is 5.32 Å². The lowest BCUT2D eigenvalue weighted by Crippen LogP contribution is -2.39. The monoisotopic (exact) mass is 708 g/mol. The van der Waals surface area contributed by atoms with Crippen LogP contribution in [0.1, 0.15) is 76.4 Å². The highest BCUT2D eigenvalue weighted by molar-refractivity contribution is 7.89. The first-order chi connectivity index (χ1) is 22.2. The number of halogens is 3. The second-order valence-corrected chi connectivity index (χ2v) is 15.0. The third-order valence-electron chi connectivity index (χ3n) is 9.17. The van der Waals surface area contributed by atoms with Gasteiger partial charge in [-0.15, -0.1) is 12.4 Å². The molecule has 5 aromatic rings. The topological polar surface area (TPSA) is 84.3 Å². The van der Waals surface area contributed by atoms with E-state index in [1.54, 1.807) is 22.5 Å². The number of imidazole rings is 1. The van der Waals surface area contributed by atoms with Crippen LogP contribution in [0.3, 0.4) is 0 Å². The molecule has 7 rings (SSSR count). The van der Waals surface area contributed by atoms with Crippen LogP contribution in [0.2, 0.25) is 10.0 Å². The van der Waals surface area contributed by atoms with Gasteiger partial charge in [-0.1, -0.05) is 59.6 Å². The molecule has 244 valence electrons. The van der Waals surface area contributed by atoms with Crippen molar-refractivity contribution in [1.82, 2.24) is 19.2 Å². The molecule has 1 saturated carbocycles. The number of nitrogens with one attached hydrogen (secondary N) is 1. The number of carbonyl (C=O) groups is 1. The predicted octanol–water partition coefficient (Wildman–Crippen LogP) is 8.21. The maximum atomic E-state index is 13.6. The first kappa shape index (κ1) is 33.5. The van der Waals surface area contributed by atoms with E-state index in [2.05, 4.69) is 52.3 Å². The number of hydrogen-bond donors (Lipinski definition) is 1. The molecule has 1 N–H and O–H groups in total. The SMILES string of the molecule is CNC(=O)c1cccc(S(=O)(=O)N2CCC(n3c(C4CC4)nc4ccc(C(c5ccc(Cl)cc5)c5ccc(Cl)cc5)cc43)CC2)c1.Cl. The fourth-order valence-electron chi connectivity index (χ4n) is 6.64. The first-order valence-corrected chi connectivity index (χ1v) is 17.8. The van der Waals surface area contributed by atoms with Gasteiger partial charge in [-0.25, -0.2) is 13.4 Å². The molecule has 1 aliphatic carbocycles. The quantitative estimate of drug-likeness (QED) is 0.165. The molecular formula is C36H35Cl3N4O3S. The smallest absolute Gasteiger partial charge is 0.251 e. The summed E-state index contributed by atoms with van der Waals surface area (Å²) in [5, 5.41) is 3.94. The summed E-state index contributed by atoms with van der Waals surface area (Å²) in [4.78, 5) is 17.4. The average molecular weight is 710 g/mol. The van der Waals surface area contributed by atoms with Crippen LogP contribution in [-0.2, 0) is 10.0 Å². The fraction of sp³-hybridized carbons (Fsp3) is 0.278. The second kappa shape index (κ2) is 13.6. The van der Waals surface area contributed by atoms with Gasteiger partial charge in [0.15, 0.2) is 0 Å². The maximum absolute atomic E-state index is 13.6. The number of aromatic nitrogens is 2. The third-order valence-corrected chi connectivity index (χ3v) is 11.6. The Morgan fingerprint density at radius 2 is 1.43 bits per heavy atom. The highest BCUT2D eigenvalue weighted by Gasteiger charge is 2.36. The lowest BCUT2D eigenvalue weighted by Gasteiger charge is -2.33. The minimum Gasteiger partial charge on any atom is -0.355 e. The van der Waals surface area contributed by atoms with Crippen molar-refractivity contribution in [3.63, 3.8) is 0 Å². The van der Waals surface area contributed by atoms with E-state index in [4.69, 9.17) is 28.2 Å². The van der Waals surface area contributed by atoms with E-state index >= 15 is 0 Å². The van der Waals surface area contributed by atoms with Crippen LogP contribution in [0.5, 0.6) is 0 Å². The molecule has 1 aromatic heterocycles. The van der Waals surface area contributed by atoms with Crippen molar-refractivity contribution in [2.24, 2.45) is 0 Å². The lowest BCUT2D eigenvalue weighted by atomic mass is 9.85. The van der Waals surface area contributed by atoms with E-state index in [0.29, 0.717) is 47.5 Å². The summed E-state index contributed by atoms with van der Waals surface area (Å²) < 4.78 is 31.2. The Morgan fingerprint density at radius 1 is 0.830 bits per heavy atom. The van der Waals surface area contributed by atoms with Crippen molar-refractivity contribution in [1.29, 1.82) is 0 Å². The minimum atomic E-state index is -3.75. The zero-order valence-electron chi connectivity index (χ0n) is 25.8. The van der Waals surface area contributed by atoms with E-state index in [-0.39, 0.29) is 35.2 Å². The zero-order chi connectivity index (χ0) is 32.0. The number of carbonyl (C=O) groups excluding carboxylic acids is 1. The number of amides is 1. The summed E-state index contributed by atoms with van der Waals surface area (Å²) in [5.74, 6) is 1.17. The summed E-state index contributed by atoms with van der Waals surface area (Å²) in [7, 11) is -2.22. The normalized spacial score (nSPS) is 15.9. The van der Waals surface area contributed by atoms with Crippen LogP contribution >= 0.6 is 35.6 Å². The Bertz CT molecular complexity index is 1970. The van der Waals surface area contributed by atoms with Crippen molar-refractivity contribution in [2.45, 2.75) is 48.5 Å². The molecule has 0 radical (unpaired) electrons. The van der Waals surface area contributed by atoms with Crippen LogP contribution in [-0.4, -0.2) is 48.3 Å². The van der Waals surface area contributed by atoms with Gasteiger partial charge in [0, 0.05) is 53.6 Å². The van der Waals surface area contributed by atoms with Crippen molar-refractivity contribution < 1.29 is 13.2 Å². The van der Waals surface area contributed by atoms with Gasteiger partial charge in [-0.2, -0.15) is 4.31 Å². The van der Waals surface area contributed by atoms with Crippen LogP contribution in [0.25, 0.3) is 11.0 Å². The number of benzene rings is 4. The largest absolute Gasteiger partial charge is 0.355 e. The average Bonchev–Trinajstić information content (AvgIpc) is 3.86. The molecule has 7 nitrogen and oxygen atoms in total. The maximum Gasteiger partial charge on any atom is 0.251 e. The number of piperidine rings is 1. The van der Waals surface area contributed by atoms with Gasteiger partial charge in [-0.3, -0.25) is 4.79 Å². The van der Waals surface area contributed by atoms with Crippen molar-refractivity contribution in [3.05, 3.63) is 129 Å². The number of sulfonamides is 1. The molecule has 1 amide bonds. The van der Waals surface area contributed by atoms with Gasteiger partial charge in [-0.05, 0) is 97.0 Å². The van der Waals surface area contributed by atoms with Gasteiger partial charge in [0.1, 0.15) is 5.82 Å². The van der Waals surface area contributed by atoms with Crippen molar-refractivity contribution in [3.8, 4) is 0 Å². The molecule has 0 atom stereocenters. The molecule has 2 fully saturated rings. The van der Waals surface area contributed by atoms with E-state index in [1.165, 1.54) is 13.1 Å². The summed E-state index contributed by atoms with van der Waals surface area (Å²) in [6.45, 7) is 0.775. The summed E-state index contributed by atoms with van der Waals surface area (Å²) in [6, 6.07) is 28.8. The number of rotatable bonds is 8. The molecule has 47 heavy (non-hydrogen) atoms. The number of fused-ring (bicyclic) bond motifs is 1. The van der Waals surface area contributed by atoms with Crippen LogP contribution in [0.15, 0.2) is 95.9 Å². The van der Waals surface area contributed by atoms with Crippen LogP contribution in [0, 0.1) is 0 Å². The Balaban J connectivity index is 0.00000386. The van der Waals surface area contributed by atoms with E-state index in [1.807, 2.05) is 24.3 Å². The molecule has 1 saturated heterocycles. The number of hydrogen-bond acceptors (Lipinski definition) is 4. The lowest BCUT2D eigenvalue weighted by molar-refractivity contribution is 0.0963. The predicted molar refractivity (Wildman–Crippen MR) is 190 cm³/mol. The van der Waals surface area contributed by atoms with Gasteiger partial charge in [0.25, 0.3) is 5.91 Å². The molecule has 2 aliphatic rings. The highest BCUT2D eigenvalue weighted by Crippen LogP contribution is 2.44. The Hall–Kier alpha value is -3.40. The third kappa shape index (κ3) is 6.67. The first-order valence-electron chi connectivity index (χ1n) is 15.6. The van der Waals surface area contributed by atoms with E-state index in [0.717, 1.165) is 46.4 Å². The van der Waals surface area contributed by atoms with Crippen molar-refractivity contribution >= 4 is 62.6 Å². The Labute approximate surface area is 291 Å². The Kier molecular flexibility index (Phi) is 9.70. The van der Waals surface area contributed by atoms with Crippen molar-refractivity contribution in [2.75, 3.05) is 20.1 Å². The van der Waals surface area contributed by atoms with Gasteiger partial charge >= 0.3 is 0 Å². The zero-order valence-corrected chi connectivity index (χ0v) is 28.9. The molecule has 11 heteroatoms. The van der Waals surface area contributed by atoms with Gasteiger partial charge < -0.3 is 9.88 Å². The summed E-state index contributed by atoms with van der Waals surface area (Å²) >= 11 is 12.5. The van der Waals surface area contributed by atoms with Gasteiger partial charge in [0.05, 0.1) is 15.9 Å². The molecular weight excluding hydrogens is 675 g/mol. The summed E-state index contributed by atoms with van der Waals surface area (Å²) in [5.41, 5.74) is 5.74. The standard InChI is InChI=1S/C36H34Cl2N4O3S.ClH/c1-39-36(43)27-3-2-4-31(21-27)46(44,45)41-19-17-30(18-20-41)42-33-22-26(11-16-32(33)40-35(42)25-5-6-25)34(23-7-12-28(37)13-8-23)24-9-14-29(38)15-10-24;/h2-4,7-16,21-22,25,30,34H,5-6,17-20H2,1H3,(H,39,43);1H. The fourth-order valence-corrected chi connectivity index (χ4v) is 8.41. The van der Waals surface area contributed by atoms with Crippen LogP contribution in [0.4, 0.5) is 0 Å². The van der Waals surface area contributed by atoms with Gasteiger partial charge in [0.2, 0.25) is 10.0 Å². The molecule has 2 heterocycles. The molecule has 1 aliphatic heterocycles. The minimum absolute atomic E-state index is 0. The van der Waals surface area contributed by atoms with E-state index in [9.17, 15) is 13.2 Å². The highest BCUT2D eigenvalue weighted by atomic mass is 35.5. The van der Waals surface area contributed by atoms with E-state index < -0.39 is 10.0 Å². The Morgan fingerprint density at radius 3 is 2.00 bits per heavy atom. The molecule has 4 aromatic carbocycles. The summed E-state index contributed by atoms with van der Waals surface area (Å²) in [6.07, 6.45) is 3.57. The number of nitrogens with zero attached hydrogens (tertiary/aromatic N) is 3. The molecule has 0 unspecified atom stereocenters. The molecule has 0 bridgehead atoms. The molecule has 0 spiro atoms.